The first-order valence-electron chi connectivity index (χ1n) is 8.68. The molecule has 134 valence electrons. The Balaban J connectivity index is 1.52. The Morgan fingerprint density at radius 3 is 2.76 bits per heavy atom. The van der Waals surface area contributed by atoms with E-state index in [0.29, 0.717) is 6.54 Å². The van der Waals surface area contributed by atoms with E-state index in [1.807, 2.05) is 30.3 Å². The summed E-state index contributed by atoms with van der Waals surface area (Å²) in [6, 6.07) is 13.7. The van der Waals surface area contributed by atoms with E-state index in [1.54, 1.807) is 6.07 Å². The van der Waals surface area contributed by atoms with E-state index in [4.69, 9.17) is 4.74 Å². The van der Waals surface area contributed by atoms with Crippen LogP contribution in [-0.4, -0.2) is 47.5 Å². The number of nitrogens with zero attached hydrogens (tertiary/aromatic N) is 1. The minimum Gasteiger partial charge on any atom is -0.508 e. The molecule has 0 aliphatic carbocycles. The zero-order valence-electron chi connectivity index (χ0n) is 14.1. The number of piperidine rings is 1. The molecule has 1 heterocycles. The van der Waals surface area contributed by atoms with Crippen LogP contribution in [0.15, 0.2) is 48.5 Å². The summed E-state index contributed by atoms with van der Waals surface area (Å²) in [6.07, 6.45) is 1.35. The number of ether oxygens (including phenoxy) is 1. The topological polar surface area (TPSA) is 52.9 Å². The van der Waals surface area contributed by atoms with Crippen molar-refractivity contribution in [3.63, 3.8) is 0 Å². The largest absolute Gasteiger partial charge is 0.508 e. The summed E-state index contributed by atoms with van der Waals surface area (Å²) in [5, 5.41) is 19.8. The molecular formula is C20H24FNO3. The summed E-state index contributed by atoms with van der Waals surface area (Å²) in [4.78, 5) is 2.18. The zero-order chi connectivity index (χ0) is 17.6. The van der Waals surface area contributed by atoms with Crippen molar-refractivity contribution in [2.75, 3.05) is 26.2 Å². The van der Waals surface area contributed by atoms with Gasteiger partial charge in [0.2, 0.25) is 0 Å². The molecule has 0 amide bonds. The number of likely N-dealkylation sites (tertiary alicyclic amines) is 1. The van der Waals surface area contributed by atoms with Crippen LogP contribution in [0.4, 0.5) is 4.39 Å². The fourth-order valence-corrected chi connectivity index (χ4v) is 3.39. The Bertz CT molecular complexity index is 660. The van der Waals surface area contributed by atoms with Crippen molar-refractivity contribution in [1.82, 2.24) is 4.90 Å². The molecule has 1 aliphatic heterocycles. The molecule has 0 radical (unpaired) electrons. The number of aliphatic hydroxyl groups excluding tert-OH is 1. The van der Waals surface area contributed by atoms with Gasteiger partial charge < -0.3 is 19.8 Å². The van der Waals surface area contributed by atoms with Crippen LogP contribution in [0.1, 0.15) is 24.3 Å². The van der Waals surface area contributed by atoms with Crippen molar-refractivity contribution in [3.8, 4) is 11.5 Å². The van der Waals surface area contributed by atoms with Crippen molar-refractivity contribution in [3.05, 3.63) is 59.9 Å². The summed E-state index contributed by atoms with van der Waals surface area (Å²) < 4.78 is 19.1. The van der Waals surface area contributed by atoms with Gasteiger partial charge in [-0.05, 0) is 55.1 Å². The van der Waals surface area contributed by atoms with Crippen LogP contribution in [0.3, 0.4) is 0 Å². The van der Waals surface area contributed by atoms with E-state index >= 15 is 0 Å². The quantitative estimate of drug-likeness (QED) is 0.844. The Morgan fingerprint density at radius 1 is 1.20 bits per heavy atom. The molecule has 2 aromatic rings. The van der Waals surface area contributed by atoms with E-state index in [2.05, 4.69) is 4.90 Å². The number of halogens is 1. The average molecular weight is 345 g/mol. The number of aromatic hydroxyl groups is 1. The van der Waals surface area contributed by atoms with Gasteiger partial charge in [-0.2, -0.15) is 0 Å². The van der Waals surface area contributed by atoms with Gasteiger partial charge in [-0.25, -0.2) is 4.39 Å². The minimum absolute atomic E-state index is 0.0385. The lowest BCUT2D eigenvalue weighted by Crippen LogP contribution is -2.41. The Kier molecular flexibility index (Phi) is 5.89. The lowest BCUT2D eigenvalue weighted by atomic mass is 9.90. The van der Waals surface area contributed by atoms with Gasteiger partial charge in [-0.3, -0.25) is 0 Å². The first kappa shape index (κ1) is 17.7. The van der Waals surface area contributed by atoms with Gasteiger partial charge in [0.1, 0.15) is 30.0 Å². The lowest BCUT2D eigenvalue weighted by molar-refractivity contribution is 0.0583. The van der Waals surface area contributed by atoms with Crippen molar-refractivity contribution < 1.29 is 19.3 Å². The maximum absolute atomic E-state index is 13.5. The molecule has 2 unspecified atom stereocenters. The number of para-hydroxylation sites is 1. The van der Waals surface area contributed by atoms with E-state index < -0.39 is 11.9 Å². The highest BCUT2D eigenvalue weighted by molar-refractivity contribution is 5.31. The smallest absolute Gasteiger partial charge is 0.127 e. The minimum atomic E-state index is -0.583. The van der Waals surface area contributed by atoms with Gasteiger partial charge in [0.05, 0.1) is 0 Å². The fourth-order valence-electron chi connectivity index (χ4n) is 3.39. The molecule has 25 heavy (non-hydrogen) atoms. The molecular weight excluding hydrogens is 321 g/mol. The highest BCUT2D eigenvalue weighted by Crippen LogP contribution is 2.29. The van der Waals surface area contributed by atoms with E-state index in [1.165, 1.54) is 6.07 Å². The highest BCUT2D eigenvalue weighted by Gasteiger charge is 2.24. The molecule has 0 aromatic heterocycles. The molecule has 1 fully saturated rings. The normalized spacial score (nSPS) is 19.5. The van der Waals surface area contributed by atoms with E-state index in [0.717, 1.165) is 43.3 Å². The number of benzene rings is 2. The van der Waals surface area contributed by atoms with Gasteiger partial charge in [-0.15, -0.1) is 0 Å². The summed E-state index contributed by atoms with van der Waals surface area (Å²) in [6.45, 7) is 2.40. The summed E-state index contributed by atoms with van der Waals surface area (Å²) in [5.41, 5.74) is 0.817. The third kappa shape index (κ3) is 5.18. The van der Waals surface area contributed by atoms with E-state index in [9.17, 15) is 14.6 Å². The molecule has 0 bridgehead atoms. The molecule has 1 aliphatic rings. The molecule has 2 atom stereocenters. The van der Waals surface area contributed by atoms with Gasteiger partial charge >= 0.3 is 0 Å². The zero-order valence-corrected chi connectivity index (χ0v) is 14.1. The maximum Gasteiger partial charge on any atom is 0.127 e. The Morgan fingerprint density at radius 2 is 2.00 bits per heavy atom. The van der Waals surface area contributed by atoms with E-state index in [-0.39, 0.29) is 18.3 Å². The van der Waals surface area contributed by atoms with Crippen LogP contribution in [0.5, 0.6) is 11.5 Å². The van der Waals surface area contributed by atoms with Gasteiger partial charge in [0, 0.05) is 19.2 Å². The fraction of sp³-hybridized carbons (Fsp3) is 0.400. The molecule has 4 nitrogen and oxygen atoms in total. The molecule has 2 N–H and O–H groups in total. The van der Waals surface area contributed by atoms with Crippen LogP contribution in [0.2, 0.25) is 0 Å². The second-order valence-corrected chi connectivity index (χ2v) is 6.62. The summed E-state index contributed by atoms with van der Waals surface area (Å²) in [7, 11) is 0. The molecule has 0 saturated carbocycles. The lowest BCUT2D eigenvalue weighted by Gasteiger charge is -2.34. The Labute approximate surface area is 147 Å². The SMILES string of the molecule is Oc1cc(F)cc(C2CCCN(CC(O)COc3ccccc3)C2)c1. The third-order valence-corrected chi connectivity index (χ3v) is 4.54. The predicted octanol–water partition coefficient (Wildman–Crippen LogP) is 3.15. The van der Waals surface area contributed by atoms with Crippen LogP contribution >= 0.6 is 0 Å². The van der Waals surface area contributed by atoms with Crippen molar-refractivity contribution in [2.24, 2.45) is 0 Å². The van der Waals surface area contributed by atoms with Gasteiger partial charge in [0.25, 0.3) is 0 Å². The number of phenols is 1. The van der Waals surface area contributed by atoms with Crippen molar-refractivity contribution in [1.29, 1.82) is 0 Å². The van der Waals surface area contributed by atoms with Gasteiger partial charge in [-0.1, -0.05) is 18.2 Å². The van der Waals surface area contributed by atoms with Crippen LogP contribution in [0, 0.1) is 5.82 Å². The summed E-state index contributed by atoms with van der Waals surface area (Å²) in [5.74, 6) is 0.456. The molecule has 0 spiro atoms. The number of rotatable bonds is 6. The van der Waals surface area contributed by atoms with Crippen LogP contribution < -0.4 is 4.74 Å². The number of hydrogen-bond acceptors (Lipinski definition) is 4. The van der Waals surface area contributed by atoms with Crippen LogP contribution in [0.25, 0.3) is 0 Å². The first-order valence-corrected chi connectivity index (χ1v) is 8.68. The molecule has 5 heteroatoms. The number of aliphatic hydroxyl groups is 1. The third-order valence-electron chi connectivity index (χ3n) is 4.54. The Hall–Kier alpha value is -2.11. The second kappa shape index (κ2) is 8.32. The number of β-amino-alcohol motifs (C(OH)–C–C–N with tert-alkyl or cyclic N) is 1. The van der Waals surface area contributed by atoms with Crippen molar-refractivity contribution >= 4 is 0 Å². The highest BCUT2D eigenvalue weighted by atomic mass is 19.1. The number of hydrogen-bond donors (Lipinski definition) is 2. The predicted molar refractivity (Wildman–Crippen MR) is 94.4 cm³/mol. The summed E-state index contributed by atoms with van der Waals surface area (Å²) >= 11 is 0. The molecule has 3 rings (SSSR count). The van der Waals surface area contributed by atoms with Crippen molar-refractivity contribution in [2.45, 2.75) is 24.9 Å². The van der Waals surface area contributed by atoms with Crippen LogP contribution in [-0.2, 0) is 0 Å². The molecule has 1 saturated heterocycles. The maximum atomic E-state index is 13.5. The number of phenolic OH excluding ortho intramolecular Hbond substituents is 1. The monoisotopic (exact) mass is 345 g/mol. The molecule has 2 aromatic carbocycles. The first-order chi connectivity index (χ1) is 12.1. The standard InChI is InChI=1S/C20H24FNO3/c21-17-9-16(10-18(23)11-17)15-5-4-8-22(12-15)13-19(24)14-25-20-6-2-1-3-7-20/h1-3,6-7,9-11,15,19,23-24H,4-5,8,12-14H2. The second-order valence-electron chi connectivity index (χ2n) is 6.62. The average Bonchev–Trinajstić information content (AvgIpc) is 2.60. The van der Waals surface area contributed by atoms with Gasteiger partial charge in [0.15, 0.2) is 0 Å².